The average molecular weight is 653 g/mol. The Morgan fingerprint density at radius 1 is 1.00 bits per heavy atom. The molecule has 248 valence electrons. The number of benzene rings is 2. The largest absolute Gasteiger partial charge is 0.462 e. The average Bonchev–Trinajstić information content (AvgIpc) is 3.02. The first kappa shape index (κ1) is 36.0. The van der Waals surface area contributed by atoms with Gasteiger partial charge < -0.3 is 26.4 Å². The summed E-state index contributed by atoms with van der Waals surface area (Å²) in [6, 6.07) is 16.1. The van der Waals surface area contributed by atoms with Gasteiger partial charge in [-0.05, 0) is 75.6 Å². The number of nitrogens with zero attached hydrogens (tertiary/aromatic N) is 2. The fourth-order valence-corrected chi connectivity index (χ4v) is 4.54. The number of pyridine rings is 1. The molecule has 0 saturated carbocycles. The normalized spacial score (nSPS) is 13.3. The summed E-state index contributed by atoms with van der Waals surface area (Å²) in [5.41, 5.74) is 4.83. The van der Waals surface area contributed by atoms with Crippen LogP contribution in [0.4, 0.5) is 13.2 Å². The van der Waals surface area contributed by atoms with Crippen molar-refractivity contribution in [2.45, 2.75) is 63.9 Å². The minimum Gasteiger partial charge on any atom is -0.462 e. The zero-order valence-electron chi connectivity index (χ0n) is 26.1. The highest BCUT2D eigenvalue weighted by Crippen LogP contribution is 2.30. The van der Waals surface area contributed by atoms with Crippen molar-refractivity contribution in [3.63, 3.8) is 0 Å². The number of ether oxygens (including phenoxy) is 1. The van der Waals surface area contributed by atoms with Crippen LogP contribution in [0.25, 0.3) is 0 Å². The van der Waals surface area contributed by atoms with Crippen LogP contribution in [0.3, 0.4) is 0 Å². The number of hydrogen-bond donors (Lipinski definition) is 4. The van der Waals surface area contributed by atoms with Gasteiger partial charge in [0.15, 0.2) is 5.60 Å². The Bertz CT molecular complexity index is 1640. The van der Waals surface area contributed by atoms with Gasteiger partial charge >= 0.3 is 6.18 Å². The summed E-state index contributed by atoms with van der Waals surface area (Å²) in [6.07, 6.45) is -3.56. The SMILES string of the molecule is CC(NC(=O)c1ccc(CC(c2cccc(C#N)c2)C(C)NC(=O)C(C)(C)Oc2ccc(C(F)(F)F)cn2)cc1)C(=O)NCC(N)=O. The molecule has 14 heteroatoms. The molecule has 3 unspecified atom stereocenters. The molecule has 0 aliphatic heterocycles. The molecule has 11 nitrogen and oxygen atoms in total. The summed E-state index contributed by atoms with van der Waals surface area (Å²) in [4.78, 5) is 52.7. The zero-order chi connectivity index (χ0) is 34.9. The van der Waals surface area contributed by atoms with Gasteiger partial charge in [0.05, 0.1) is 23.7 Å². The third-order valence-corrected chi connectivity index (χ3v) is 7.23. The van der Waals surface area contributed by atoms with Gasteiger partial charge in [0, 0.05) is 29.8 Å². The van der Waals surface area contributed by atoms with Crippen molar-refractivity contribution >= 4 is 23.6 Å². The lowest BCUT2D eigenvalue weighted by Crippen LogP contribution is -2.51. The van der Waals surface area contributed by atoms with Gasteiger partial charge in [-0.15, -0.1) is 0 Å². The lowest BCUT2D eigenvalue weighted by molar-refractivity contribution is -0.138. The Kier molecular flexibility index (Phi) is 11.7. The molecule has 0 radical (unpaired) electrons. The number of nitrogens with two attached hydrogens (primary N) is 1. The fraction of sp³-hybridized carbons (Fsp3) is 0.333. The van der Waals surface area contributed by atoms with E-state index in [1.54, 1.807) is 49.4 Å². The lowest BCUT2D eigenvalue weighted by Gasteiger charge is -2.30. The van der Waals surface area contributed by atoms with Gasteiger partial charge in [-0.2, -0.15) is 18.4 Å². The van der Waals surface area contributed by atoms with Crippen molar-refractivity contribution in [3.8, 4) is 11.9 Å². The van der Waals surface area contributed by atoms with Crippen molar-refractivity contribution in [1.29, 1.82) is 5.26 Å². The van der Waals surface area contributed by atoms with E-state index < -0.39 is 53.1 Å². The smallest absolute Gasteiger partial charge is 0.417 e. The molecule has 2 aromatic carbocycles. The molecule has 1 heterocycles. The topological polar surface area (TPSA) is 176 Å². The van der Waals surface area contributed by atoms with Crippen LogP contribution in [-0.2, 0) is 27.0 Å². The molecule has 3 atom stereocenters. The first-order valence-electron chi connectivity index (χ1n) is 14.5. The molecule has 0 aliphatic rings. The molecule has 0 spiro atoms. The van der Waals surface area contributed by atoms with Gasteiger partial charge in [-0.25, -0.2) is 4.98 Å². The molecule has 47 heavy (non-hydrogen) atoms. The van der Waals surface area contributed by atoms with E-state index in [1.807, 2.05) is 6.07 Å². The van der Waals surface area contributed by atoms with Crippen LogP contribution in [0.15, 0.2) is 66.9 Å². The number of carbonyl (C=O) groups excluding carboxylic acids is 4. The van der Waals surface area contributed by atoms with E-state index in [0.717, 1.165) is 23.3 Å². The van der Waals surface area contributed by atoms with Gasteiger partial charge in [0.1, 0.15) is 6.04 Å². The number of alkyl halides is 3. The molecular weight excluding hydrogens is 617 g/mol. The maximum Gasteiger partial charge on any atom is 0.417 e. The van der Waals surface area contributed by atoms with Crippen molar-refractivity contribution in [3.05, 3.63) is 94.7 Å². The number of nitrogens with one attached hydrogen (secondary N) is 3. The molecule has 3 aromatic rings. The summed E-state index contributed by atoms with van der Waals surface area (Å²) in [5, 5.41) is 17.3. The van der Waals surface area contributed by atoms with Gasteiger partial charge in [-0.3, -0.25) is 19.2 Å². The third-order valence-electron chi connectivity index (χ3n) is 7.23. The fourth-order valence-electron chi connectivity index (χ4n) is 4.54. The minimum atomic E-state index is -4.57. The molecule has 0 bridgehead atoms. The molecule has 0 fully saturated rings. The van der Waals surface area contributed by atoms with Crippen LogP contribution < -0.4 is 26.4 Å². The summed E-state index contributed by atoms with van der Waals surface area (Å²) in [5.74, 6) is -2.87. The second kappa shape index (κ2) is 15.2. The van der Waals surface area contributed by atoms with E-state index >= 15 is 0 Å². The number of aromatic nitrogens is 1. The highest BCUT2D eigenvalue weighted by molar-refractivity contribution is 5.97. The summed E-state index contributed by atoms with van der Waals surface area (Å²) in [7, 11) is 0. The number of primary amides is 1. The predicted molar refractivity (Wildman–Crippen MR) is 165 cm³/mol. The second-order valence-corrected chi connectivity index (χ2v) is 11.4. The minimum absolute atomic E-state index is 0.158. The van der Waals surface area contributed by atoms with Gasteiger partial charge in [0.25, 0.3) is 11.8 Å². The van der Waals surface area contributed by atoms with Crippen molar-refractivity contribution in [1.82, 2.24) is 20.9 Å². The number of rotatable bonds is 13. The molecule has 5 N–H and O–H groups in total. The van der Waals surface area contributed by atoms with Crippen LogP contribution in [0.2, 0.25) is 0 Å². The molecule has 1 aromatic heterocycles. The van der Waals surface area contributed by atoms with Gasteiger partial charge in [0.2, 0.25) is 17.7 Å². The van der Waals surface area contributed by atoms with Crippen molar-refractivity contribution in [2.24, 2.45) is 5.73 Å². The Hall–Kier alpha value is -5.45. The van der Waals surface area contributed by atoms with E-state index in [-0.39, 0.29) is 23.9 Å². The van der Waals surface area contributed by atoms with Crippen LogP contribution in [0, 0.1) is 11.3 Å². The van der Waals surface area contributed by atoms with Crippen LogP contribution in [0.5, 0.6) is 5.88 Å². The highest BCUT2D eigenvalue weighted by Gasteiger charge is 2.35. The van der Waals surface area contributed by atoms with E-state index in [1.165, 1.54) is 20.8 Å². The highest BCUT2D eigenvalue weighted by atomic mass is 19.4. The quantitative estimate of drug-likeness (QED) is 0.219. The van der Waals surface area contributed by atoms with E-state index in [9.17, 15) is 37.6 Å². The Labute approximate surface area is 269 Å². The second-order valence-electron chi connectivity index (χ2n) is 11.4. The van der Waals surface area contributed by atoms with Gasteiger partial charge in [-0.1, -0.05) is 24.3 Å². The van der Waals surface area contributed by atoms with Crippen LogP contribution >= 0.6 is 0 Å². The van der Waals surface area contributed by atoms with Crippen LogP contribution in [-0.4, -0.2) is 52.8 Å². The molecular formula is C33H35F3N6O5. The van der Waals surface area contributed by atoms with Crippen molar-refractivity contribution < 1.29 is 37.1 Å². The molecule has 4 amide bonds. The monoisotopic (exact) mass is 652 g/mol. The lowest BCUT2D eigenvalue weighted by atomic mass is 9.85. The first-order valence-corrected chi connectivity index (χ1v) is 14.5. The Morgan fingerprint density at radius 2 is 1.68 bits per heavy atom. The zero-order valence-corrected chi connectivity index (χ0v) is 26.1. The number of halogens is 3. The maximum absolute atomic E-state index is 13.4. The Balaban J connectivity index is 1.75. The van der Waals surface area contributed by atoms with Crippen LogP contribution in [0.1, 0.15) is 66.2 Å². The standard InChI is InChI=1S/C33H35F3N6O5/c1-19(42-31(46)32(3,4)47-28-13-12-25(17-39-28)33(34,35)36)26(24-7-5-6-22(14-24)16-37)15-21-8-10-23(11-9-21)30(45)41-20(2)29(44)40-18-27(38)43/h5-14,17,19-20,26H,15,18H2,1-4H3,(H2,38,43)(H,40,44)(H,41,45)(H,42,46). The molecule has 3 rings (SSSR count). The first-order chi connectivity index (χ1) is 22.0. The maximum atomic E-state index is 13.4. The molecule has 0 saturated heterocycles. The number of hydrogen-bond acceptors (Lipinski definition) is 7. The number of carbonyl (C=O) groups is 4. The summed E-state index contributed by atoms with van der Waals surface area (Å²) >= 11 is 0. The number of nitriles is 1. The Morgan fingerprint density at radius 3 is 2.26 bits per heavy atom. The van der Waals surface area contributed by atoms with E-state index in [2.05, 4.69) is 27.0 Å². The summed E-state index contributed by atoms with van der Waals surface area (Å²) < 4.78 is 44.4. The van der Waals surface area contributed by atoms with Crippen molar-refractivity contribution in [2.75, 3.05) is 6.54 Å². The van der Waals surface area contributed by atoms with E-state index in [0.29, 0.717) is 18.2 Å². The predicted octanol–water partition coefficient (Wildman–Crippen LogP) is 3.38. The summed E-state index contributed by atoms with van der Waals surface area (Å²) in [6.45, 7) is 5.81. The number of amides is 4. The third kappa shape index (κ3) is 10.3. The molecule has 0 aliphatic carbocycles. The van der Waals surface area contributed by atoms with E-state index in [4.69, 9.17) is 10.5 Å².